The Morgan fingerprint density at radius 2 is 1.88 bits per heavy atom. The van der Waals surface area contributed by atoms with Crippen molar-refractivity contribution in [2.75, 3.05) is 37.0 Å². The number of nitrogens with zero attached hydrogens (tertiary/aromatic N) is 2. The van der Waals surface area contributed by atoms with Gasteiger partial charge in [0, 0.05) is 38.6 Å². The first-order valence-electron chi connectivity index (χ1n) is 6.19. The van der Waals surface area contributed by atoms with Gasteiger partial charge in [0.2, 0.25) is 0 Å². The molecule has 0 saturated carbocycles. The number of benzene rings is 1. The Morgan fingerprint density at radius 3 is 2.50 bits per heavy atom. The zero-order chi connectivity index (χ0) is 11.5. The van der Waals surface area contributed by atoms with E-state index >= 15 is 0 Å². The van der Waals surface area contributed by atoms with Gasteiger partial charge >= 0.3 is 0 Å². The van der Waals surface area contributed by atoms with E-state index in [1.165, 1.54) is 37.3 Å². The minimum Gasteiger partial charge on any atom is -0.378 e. The van der Waals surface area contributed by atoms with Gasteiger partial charge in [0.1, 0.15) is 0 Å². The summed E-state index contributed by atoms with van der Waals surface area (Å²) in [5.74, 6) is 0.897. The van der Waals surface area contributed by atoms with E-state index in [1.54, 1.807) is 0 Å². The van der Waals surface area contributed by atoms with Crippen molar-refractivity contribution in [2.24, 2.45) is 5.92 Å². The van der Waals surface area contributed by atoms with Crippen LogP contribution in [0.25, 0.3) is 0 Å². The van der Waals surface area contributed by atoms with Gasteiger partial charge in [-0.3, -0.25) is 0 Å². The maximum Gasteiger partial charge on any atom is 0.0386 e. The lowest BCUT2D eigenvalue weighted by molar-refractivity contribution is 0.438. The highest BCUT2D eigenvalue weighted by molar-refractivity contribution is 5.58. The van der Waals surface area contributed by atoms with Crippen LogP contribution in [0, 0.1) is 5.92 Å². The van der Waals surface area contributed by atoms with Gasteiger partial charge in [-0.25, -0.2) is 0 Å². The summed E-state index contributed by atoms with van der Waals surface area (Å²) >= 11 is 0. The third-order valence-electron chi connectivity index (χ3n) is 3.49. The maximum absolute atomic E-state index is 2.51. The van der Waals surface area contributed by atoms with Gasteiger partial charge < -0.3 is 9.80 Å². The first-order chi connectivity index (χ1) is 7.66. The van der Waals surface area contributed by atoms with Gasteiger partial charge in [0.15, 0.2) is 0 Å². The quantitative estimate of drug-likeness (QED) is 0.753. The molecule has 0 aromatic heterocycles. The molecule has 2 rings (SSSR count). The van der Waals surface area contributed by atoms with Crippen LogP contribution in [0.3, 0.4) is 0 Å². The number of hydrogen-bond acceptors (Lipinski definition) is 2. The molecular weight excluding hydrogens is 196 g/mol. The SMILES string of the molecule is CC1CCN(c2cccc(N(C)C)c2)CC1. The van der Waals surface area contributed by atoms with E-state index in [9.17, 15) is 0 Å². The summed E-state index contributed by atoms with van der Waals surface area (Å²) in [4.78, 5) is 4.67. The monoisotopic (exact) mass is 218 g/mol. The van der Waals surface area contributed by atoms with Crippen molar-refractivity contribution in [1.29, 1.82) is 0 Å². The zero-order valence-corrected chi connectivity index (χ0v) is 10.6. The Kier molecular flexibility index (Phi) is 3.37. The minimum atomic E-state index is 0.897. The predicted molar refractivity (Wildman–Crippen MR) is 71.4 cm³/mol. The minimum absolute atomic E-state index is 0.897. The smallest absolute Gasteiger partial charge is 0.0386 e. The zero-order valence-electron chi connectivity index (χ0n) is 10.6. The van der Waals surface area contributed by atoms with Crippen LogP contribution >= 0.6 is 0 Å². The molecule has 88 valence electrons. The van der Waals surface area contributed by atoms with Crippen LogP contribution in [0.4, 0.5) is 11.4 Å². The Hall–Kier alpha value is -1.18. The van der Waals surface area contributed by atoms with Crippen LogP contribution in [0.1, 0.15) is 19.8 Å². The molecule has 2 heteroatoms. The van der Waals surface area contributed by atoms with E-state index in [4.69, 9.17) is 0 Å². The molecule has 1 heterocycles. The summed E-state index contributed by atoms with van der Waals surface area (Å²) in [6.45, 7) is 4.77. The molecular formula is C14H22N2. The number of piperidine rings is 1. The Bertz CT molecular complexity index is 338. The Labute approximate surface area is 98.9 Å². The summed E-state index contributed by atoms with van der Waals surface area (Å²) in [6, 6.07) is 8.83. The van der Waals surface area contributed by atoms with E-state index in [0.717, 1.165) is 5.92 Å². The lowest BCUT2D eigenvalue weighted by Crippen LogP contribution is -2.32. The molecule has 1 saturated heterocycles. The van der Waals surface area contributed by atoms with E-state index in [1.807, 2.05) is 0 Å². The van der Waals surface area contributed by atoms with E-state index < -0.39 is 0 Å². The van der Waals surface area contributed by atoms with Crippen LogP contribution in [-0.2, 0) is 0 Å². The lowest BCUT2D eigenvalue weighted by Gasteiger charge is -2.32. The molecule has 1 aliphatic rings. The summed E-state index contributed by atoms with van der Waals surface area (Å²) < 4.78 is 0. The van der Waals surface area contributed by atoms with Crippen molar-refractivity contribution in [3.05, 3.63) is 24.3 Å². The van der Waals surface area contributed by atoms with Crippen LogP contribution in [-0.4, -0.2) is 27.2 Å². The molecule has 1 aromatic rings. The highest BCUT2D eigenvalue weighted by Gasteiger charge is 2.16. The van der Waals surface area contributed by atoms with Crippen molar-refractivity contribution in [2.45, 2.75) is 19.8 Å². The van der Waals surface area contributed by atoms with Crippen LogP contribution in [0.15, 0.2) is 24.3 Å². The van der Waals surface area contributed by atoms with Gasteiger partial charge in [-0.2, -0.15) is 0 Å². The van der Waals surface area contributed by atoms with Gasteiger partial charge in [0.25, 0.3) is 0 Å². The first-order valence-corrected chi connectivity index (χ1v) is 6.19. The van der Waals surface area contributed by atoms with Crippen LogP contribution in [0.5, 0.6) is 0 Å². The average Bonchev–Trinajstić information content (AvgIpc) is 2.30. The number of anilines is 2. The first kappa shape index (κ1) is 11.3. The Morgan fingerprint density at radius 1 is 1.19 bits per heavy atom. The fraction of sp³-hybridized carbons (Fsp3) is 0.571. The van der Waals surface area contributed by atoms with Crippen molar-refractivity contribution < 1.29 is 0 Å². The van der Waals surface area contributed by atoms with Crippen molar-refractivity contribution in [3.8, 4) is 0 Å². The second-order valence-corrected chi connectivity index (χ2v) is 5.08. The van der Waals surface area contributed by atoms with Gasteiger partial charge in [0.05, 0.1) is 0 Å². The second-order valence-electron chi connectivity index (χ2n) is 5.08. The van der Waals surface area contributed by atoms with Gasteiger partial charge in [-0.15, -0.1) is 0 Å². The highest BCUT2D eigenvalue weighted by atomic mass is 15.1. The molecule has 16 heavy (non-hydrogen) atoms. The molecule has 0 amide bonds. The molecule has 1 aliphatic heterocycles. The predicted octanol–water partition coefficient (Wildman–Crippen LogP) is 2.99. The van der Waals surface area contributed by atoms with E-state index in [-0.39, 0.29) is 0 Å². The fourth-order valence-corrected chi connectivity index (χ4v) is 2.23. The van der Waals surface area contributed by atoms with Gasteiger partial charge in [-0.05, 0) is 37.0 Å². The largest absolute Gasteiger partial charge is 0.378 e. The summed E-state index contributed by atoms with van der Waals surface area (Å²) in [5, 5.41) is 0. The van der Waals surface area contributed by atoms with Crippen LogP contribution < -0.4 is 9.80 Å². The highest BCUT2D eigenvalue weighted by Crippen LogP contribution is 2.25. The summed E-state index contributed by atoms with van der Waals surface area (Å²) in [5.41, 5.74) is 2.66. The molecule has 0 aliphatic carbocycles. The average molecular weight is 218 g/mol. The standard InChI is InChI=1S/C14H22N2/c1-12-7-9-16(10-8-12)14-6-4-5-13(11-14)15(2)3/h4-6,11-12H,7-10H2,1-3H3. The van der Waals surface area contributed by atoms with Crippen molar-refractivity contribution in [3.63, 3.8) is 0 Å². The molecule has 0 atom stereocenters. The topological polar surface area (TPSA) is 6.48 Å². The molecule has 0 radical (unpaired) electrons. The second kappa shape index (κ2) is 4.77. The molecule has 0 spiro atoms. The van der Waals surface area contributed by atoms with Crippen molar-refractivity contribution >= 4 is 11.4 Å². The molecule has 0 unspecified atom stereocenters. The van der Waals surface area contributed by atoms with E-state index in [2.05, 4.69) is 55.1 Å². The number of rotatable bonds is 2. The molecule has 1 aromatic carbocycles. The maximum atomic E-state index is 2.51. The lowest BCUT2D eigenvalue weighted by atomic mass is 9.99. The molecule has 0 bridgehead atoms. The van der Waals surface area contributed by atoms with Gasteiger partial charge in [-0.1, -0.05) is 13.0 Å². The third kappa shape index (κ3) is 2.49. The summed E-state index contributed by atoms with van der Waals surface area (Å²) in [7, 11) is 4.19. The third-order valence-corrected chi connectivity index (χ3v) is 3.49. The number of hydrogen-bond donors (Lipinski definition) is 0. The summed E-state index contributed by atoms with van der Waals surface area (Å²) in [6.07, 6.45) is 2.65. The van der Waals surface area contributed by atoms with Crippen molar-refractivity contribution in [1.82, 2.24) is 0 Å². The molecule has 2 nitrogen and oxygen atoms in total. The Balaban J connectivity index is 2.11. The molecule has 0 N–H and O–H groups in total. The fourth-order valence-electron chi connectivity index (χ4n) is 2.23. The van der Waals surface area contributed by atoms with E-state index in [0.29, 0.717) is 0 Å². The van der Waals surface area contributed by atoms with Crippen LogP contribution in [0.2, 0.25) is 0 Å². The normalized spacial score (nSPS) is 17.6. The molecule has 1 fully saturated rings.